The zero-order valence-corrected chi connectivity index (χ0v) is 16.1. The molecule has 0 fully saturated rings. The van der Waals surface area contributed by atoms with Crippen LogP contribution in [-0.4, -0.2) is 5.91 Å². The number of nitrogens with two attached hydrogens (primary N) is 1. The SMILES string of the molecule is Nc1ccc(NC(=O)c2ccc(-c3ccc(Cl)cc3Br)o2)c(Br)c1. The lowest BCUT2D eigenvalue weighted by atomic mass is 10.2. The Morgan fingerprint density at radius 1 is 1.04 bits per heavy atom. The highest BCUT2D eigenvalue weighted by Crippen LogP contribution is 2.32. The summed E-state index contributed by atoms with van der Waals surface area (Å²) < 4.78 is 7.15. The summed E-state index contributed by atoms with van der Waals surface area (Å²) in [7, 11) is 0. The van der Waals surface area contributed by atoms with E-state index in [0.717, 1.165) is 10.0 Å². The molecule has 2 aromatic carbocycles. The van der Waals surface area contributed by atoms with E-state index in [1.807, 2.05) is 6.07 Å². The van der Waals surface area contributed by atoms with Crippen LogP contribution in [0.25, 0.3) is 11.3 Å². The number of hydrogen-bond donors (Lipinski definition) is 2. The number of nitrogen functional groups attached to an aromatic ring is 1. The van der Waals surface area contributed by atoms with Crippen molar-refractivity contribution in [1.29, 1.82) is 0 Å². The molecule has 0 unspecified atom stereocenters. The lowest BCUT2D eigenvalue weighted by molar-refractivity contribution is 0.0997. The molecule has 1 heterocycles. The van der Waals surface area contributed by atoms with Crippen LogP contribution in [0.1, 0.15) is 10.6 Å². The van der Waals surface area contributed by atoms with Crippen molar-refractivity contribution in [1.82, 2.24) is 0 Å². The number of rotatable bonds is 3. The van der Waals surface area contributed by atoms with Gasteiger partial charge in [-0.05, 0) is 80.4 Å². The first-order valence-corrected chi connectivity index (χ1v) is 8.82. The largest absolute Gasteiger partial charge is 0.451 e. The van der Waals surface area contributed by atoms with E-state index in [1.165, 1.54) is 0 Å². The molecular formula is C17H11Br2ClN2O2. The van der Waals surface area contributed by atoms with Crippen LogP contribution < -0.4 is 11.1 Å². The quantitative estimate of drug-likeness (QED) is 0.464. The van der Waals surface area contributed by atoms with E-state index in [0.29, 0.717) is 26.6 Å². The van der Waals surface area contributed by atoms with E-state index in [2.05, 4.69) is 37.2 Å². The number of furan rings is 1. The molecule has 24 heavy (non-hydrogen) atoms. The average Bonchev–Trinajstić information content (AvgIpc) is 3.00. The fourth-order valence-electron chi connectivity index (χ4n) is 2.11. The van der Waals surface area contributed by atoms with Crippen LogP contribution in [0.3, 0.4) is 0 Å². The van der Waals surface area contributed by atoms with Crippen molar-refractivity contribution in [2.45, 2.75) is 0 Å². The van der Waals surface area contributed by atoms with E-state index in [1.54, 1.807) is 42.5 Å². The van der Waals surface area contributed by atoms with Gasteiger partial charge >= 0.3 is 0 Å². The van der Waals surface area contributed by atoms with Gasteiger partial charge in [0.1, 0.15) is 5.76 Å². The van der Waals surface area contributed by atoms with E-state index in [-0.39, 0.29) is 11.7 Å². The van der Waals surface area contributed by atoms with Crippen LogP contribution in [0.15, 0.2) is 61.9 Å². The molecule has 0 spiro atoms. The van der Waals surface area contributed by atoms with Crippen molar-refractivity contribution >= 4 is 60.7 Å². The number of halogens is 3. The van der Waals surface area contributed by atoms with Crippen LogP contribution in [-0.2, 0) is 0 Å². The van der Waals surface area contributed by atoms with Gasteiger partial charge in [0.15, 0.2) is 5.76 Å². The molecule has 0 aliphatic rings. The predicted molar refractivity (Wildman–Crippen MR) is 103 cm³/mol. The second-order valence-corrected chi connectivity index (χ2v) is 7.13. The first kappa shape index (κ1) is 17.1. The minimum Gasteiger partial charge on any atom is -0.451 e. The molecule has 0 atom stereocenters. The van der Waals surface area contributed by atoms with Gasteiger partial charge in [-0.15, -0.1) is 0 Å². The number of carbonyl (C=O) groups is 1. The summed E-state index contributed by atoms with van der Waals surface area (Å²) in [6, 6.07) is 13.9. The van der Waals surface area contributed by atoms with Crippen LogP contribution in [0.5, 0.6) is 0 Å². The van der Waals surface area contributed by atoms with Gasteiger partial charge in [0, 0.05) is 25.2 Å². The molecule has 3 rings (SSSR count). The normalized spacial score (nSPS) is 10.6. The molecule has 0 aliphatic heterocycles. The van der Waals surface area contributed by atoms with Gasteiger partial charge in [0.05, 0.1) is 5.69 Å². The monoisotopic (exact) mass is 468 g/mol. The van der Waals surface area contributed by atoms with E-state index >= 15 is 0 Å². The maximum atomic E-state index is 12.3. The van der Waals surface area contributed by atoms with Crippen molar-refractivity contribution in [3.8, 4) is 11.3 Å². The molecule has 1 aromatic heterocycles. The predicted octanol–water partition coefficient (Wildman–Crippen LogP) is 5.96. The first-order valence-electron chi connectivity index (χ1n) is 6.85. The van der Waals surface area contributed by atoms with Crippen LogP contribution in [0.2, 0.25) is 5.02 Å². The molecule has 7 heteroatoms. The summed E-state index contributed by atoms with van der Waals surface area (Å²) in [6.07, 6.45) is 0. The Morgan fingerprint density at radius 2 is 1.83 bits per heavy atom. The summed E-state index contributed by atoms with van der Waals surface area (Å²) in [4.78, 5) is 12.3. The average molecular weight is 471 g/mol. The molecule has 0 saturated heterocycles. The molecule has 122 valence electrons. The fourth-order valence-corrected chi connectivity index (χ4v) is 3.48. The molecule has 3 aromatic rings. The molecular weight excluding hydrogens is 459 g/mol. The molecule has 3 N–H and O–H groups in total. The second-order valence-electron chi connectivity index (χ2n) is 4.98. The van der Waals surface area contributed by atoms with Gasteiger partial charge in [-0.1, -0.05) is 11.6 Å². The number of amides is 1. The maximum Gasteiger partial charge on any atom is 0.291 e. The van der Waals surface area contributed by atoms with Gasteiger partial charge in [-0.2, -0.15) is 0 Å². The summed E-state index contributed by atoms with van der Waals surface area (Å²) in [5.74, 6) is 0.424. The lowest BCUT2D eigenvalue weighted by Gasteiger charge is -2.06. The molecule has 1 amide bonds. The zero-order valence-electron chi connectivity index (χ0n) is 12.1. The Labute approximate surface area is 160 Å². The number of benzene rings is 2. The van der Waals surface area contributed by atoms with Gasteiger partial charge < -0.3 is 15.5 Å². The third-order valence-electron chi connectivity index (χ3n) is 3.27. The number of carbonyl (C=O) groups excluding carboxylic acids is 1. The lowest BCUT2D eigenvalue weighted by Crippen LogP contribution is -2.11. The summed E-state index contributed by atoms with van der Waals surface area (Å²) in [6.45, 7) is 0. The third-order valence-corrected chi connectivity index (χ3v) is 4.81. The highest BCUT2D eigenvalue weighted by Gasteiger charge is 2.15. The summed E-state index contributed by atoms with van der Waals surface area (Å²) in [5, 5.41) is 3.39. The van der Waals surface area contributed by atoms with E-state index in [4.69, 9.17) is 21.8 Å². The Bertz CT molecular complexity index is 925. The standard InChI is InChI=1S/C17H11Br2ClN2O2/c18-12-7-9(20)1-3-11(12)15-5-6-16(24-15)17(23)22-14-4-2-10(21)8-13(14)19/h1-8H,21H2,(H,22,23). The Balaban J connectivity index is 1.83. The fraction of sp³-hybridized carbons (Fsp3) is 0. The first-order chi connectivity index (χ1) is 11.4. The summed E-state index contributed by atoms with van der Waals surface area (Å²) >= 11 is 12.7. The van der Waals surface area contributed by atoms with Crippen molar-refractivity contribution < 1.29 is 9.21 Å². The van der Waals surface area contributed by atoms with Crippen LogP contribution in [0.4, 0.5) is 11.4 Å². The van der Waals surface area contributed by atoms with Gasteiger partial charge in [0.2, 0.25) is 0 Å². The molecule has 0 aliphatic carbocycles. The number of anilines is 2. The maximum absolute atomic E-state index is 12.3. The van der Waals surface area contributed by atoms with Crippen molar-refractivity contribution in [2.24, 2.45) is 0 Å². The Hall–Kier alpha value is -1.76. The highest BCUT2D eigenvalue weighted by molar-refractivity contribution is 9.11. The molecule has 0 radical (unpaired) electrons. The highest BCUT2D eigenvalue weighted by atomic mass is 79.9. The molecule has 4 nitrogen and oxygen atoms in total. The van der Waals surface area contributed by atoms with Crippen molar-refractivity contribution in [3.05, 3.63) is 68.3 Å². The van der Waals surface area contributed by atoms with Gasteiger partial charge in [0.25, 0.3) is 5.91 Å². The van der Waals surface area contributed by atoms with Crippen molar-refractivity contribution in [2.75, 3.05) is 11.1 Å². The Kier molecular flexibility index (Phi) is 4.99. The molecule has 0 saturated carbocycles. The Morgan fingerprint density at radius 3 is 2.54 bits per heavy atom. The smallest absolute Gasteiger partial charge is 0.291 e. The number of hydrogen-bond acceptors (Lipinski definition) is 3. The van der Waals surface area contributed by atoms with Gasteiger partial charge in [-0.25, -0.2) is 0 Å². The van der Waals surface area contributed by atoms with Crippen molar-refractivity contribution in [3.63, 3.8) is 0 Å². The third kappa shape index (κ3) is 3.66. The minimum atomic E-state index is -0.350. The topological polar surface area (TPSA) is 68.3 Å². The second kappa shape index (κ2) is 7.01. The molecule has 0 bridgehead atoms. The summed E-state index contributed by atoms with van der Waals surface area (Å²) in [5.41, 5.74) is 7.71. The van der Waals surface area contributed by atoms with Crippen LogP contribution in [0, 0.1) is 0 Å². The van der Waals surface area contributed by atoms with E-state index < -0.39 is 0 Å². The van der Waals surface area contributed by atoms with E-state index in [9.17, 15) is 4.79 Å². The minimum absolute atomic E-state index is 0.204. The van der Waals surface area contributed by atoms with Crippen LogP contribution >= 0.6 is 43.5 Å². The van der Waals surface area contributed by atoms with Gasteiger partial charge in [-0.3, -0.25) is 4.79 Å². The number of nitrogens with one attached hydrogen (secondary N) is 1. The zero-order chi connectivity index (χ0) is 17.3.